The molecule has 0 spiro atoms. The Kier molecular flexibility index (Phi) is 7.16. The lowest BCUT2D eigenvalue weighted by Crippen LogP contribution is -2.42. The molecule has 1 aromatic rings. The maximum atomic E-state index is 12.5. The van der Waals surface area contributed by atoms with Crippen molar-refractivity contribution >= 4 is 11.9 Å². The summed E-state index contributed by atoms with van der Waals surface area (Å²) in [7, 11) is 0. The number of hydrogen-bond donors (Lipinski definition) is 0. The maximum absolute atomic E-state index is 12.5. The van der Waals surface area contributed by atoms with E-state index in [4.69, 9.17) is 4.74 Å². The number of nitrogens with zero attached hydrogens (tertiary/aromatic N) is 1. The van der Waals surface area contributed by atoms with Crippen molar-refractivity contribution in [1.82, 2.24) is 4.90 Å². The first-order valence-corrected chi connectivity index (χ1v) is 8.14. The number of amides is 1. The van der Waals surface area contributed by atoms with E-state index in [1.807, 2.05) is 64.1 Å². The molecule has 0 aromatic heterocycles. The summed E-state index contributed by atoms with van der Waals surface area (Å²) >= 11 is 0. The first kappa shape index (κ1) is 18.3. The Hall–Kier alpha value is -1.77. The Morgan fingerprint density at radius 1 is 1.09 bits per heavy atom. The van der Waals surface area contributed by atoms with Gasteiger partial charge in [0.25, 0.3) is 0 Å². The van der Waals surface area contributed by atoms with Gasteiger partial charge in [0.05, 0.1) is 0 Å². The highest BCUT2D eigenvalue weighted by atomic mass is 16.6. The second kappa shape index (κ2) is 8.62. The molecule has 1 unspecified atom stereocenters. The number of ether oxygens (including phenoxy) is 1. The van der Waals surface area contributed by atoms with Crippen LogP contribution in [-0.4, -0.2) is 23.1 Å². The van der Waals surface area contributed by atoms with Gasteiger partial charge in [0.15, 0.2) is 0 Å². The van der Waals surface area contributed by atoms with E-state index in [1.165, 1.54) is 0 Å². The van der Waals surface area contributed by atoms with Crippen molar-refractivity contribution in [3.8, 4) is 0 Å². The third-order valence-electron chi connectivity index (χ3n) is 3.66. The molecule has 1 aromatic carbocycles. The maximum Gasteiger partial charge on any atom is 0.415 e. The lowest BCUT2D eigenvalue weighted by atomic mass is 10.1. The summed E-state index contributed by atoms with van der Waals surface area (Å²) in [4.78, 5) is 14.3. The molecule has 0 saturated heterocycles. The average molecular weight is 303 g/mol. The Bertz CT molecular complexity index is 483. The van der Waals surface area contributed by atoms with E-state index in [2.05, 4.69) is 13.8 Å². The van der Waals surface area contributed by atoms with Crippen LogP contribution in [0.5, 0.6) is 0 Å². The molecule has 3 nitrogen and oxygen atoms in total. The van der Waals surface area contributed by atoms with Crippen LogP contribution in [0.15, 0.2) is 36.4 Å². The second-order valence-electron chi connectivity index (χ2n) is 6.25. The standard InChI is InChI=1S/C19H29NO2/c1-7-16(6)13-18(17-11-9-8-10-12-17)22-19(21)20(14(2)3)15(4)5/h8-16H,7H2,1-6H3/b18-13+. The van der Waals surface area contributed by atoms with Crippen LogP contribution in [0, 0.1) is 5.92 Å². The molecular weight excluding hydrogens is 274 g/mol. The highest BCUT2D eigenvalue weighted by Crippen LogP contribution is 2.21. The number of allylic oxidation sites excluding steroid dienone is 1. The minimum absolute atomic E-state index is 0.105. The smallest absolute Gasteiger partial charge is 0.410 e. The van der Waals surface area contributed by atoms with Gasteiger partial charge >= 0.3 is 6.09 Å². The molecule has 1 atom stereocenters. The molecule has 0 heterocycles. The predicted octanol–water partition coefficient (Wildman–Crippen LogP) is 5.33. The van der Waals surface area contributed by atoms with Crippen LogP contribution < -0.4 is 0 Å². The fraction of sp³-hybridized carbons (Fsp3) is 0.526. The van der Waals surface area contributed by atoms with E-state index in [-0.39, 0.29) is 18.2 Å². The lowest BCUT2D eigenvalue weighted by molar-refractivity contribution is 0.114. The Labute approximate surface area is 135 Å². The van der Waals surface area contributed by atoms with E-state index in [1.54, 1.807) is 4.90 Å². The largest absolute Gasteiger partial charge is 0.415 e. The van der Waals surface area contributed by atoms with Crippen LogP contribution in [0.3, 0.4) is 0 Å². The van der Waals surface area contributed by atoms with Gasteiger partial charge in [-0.15, -0.1) is 0 Å². The monoisotopic (exact) mass is 303 g/mol. The SMILES string of the molecule is CCC(C)/C=C(/OC(=O)N(C(C)C)C(C)C)c1ccccc1. The topological polar surface area (TPSA) is 29.5 Å². The van der Waals surface area contributed by atoms with Gasteiger partial charge in [-0.25, -0.2) is 4.79 Å². The van der Waals surface area contributed by atoms with E-state index in [0.29, 0.717) is 11.7 Å². The zero-order valence-electron chi connectivity index (χ0n) is 14.7. The molecule has 1 amide bonds. The van der Waals surface area contributed by atoms with Crippen LogP contribution in [0.4, 0.5) is 4.79 Å². The van der Waals surface area contributed by atoms with E-state index in [9.17, 15) is 4.79 Å². The summed E-state index contributed by atoms with van der Waals surface area (Å²) in [6.07, 6.45) is 2.75. The summed E-state index contributed by atoms with van der Waals surface area (Å²) in [5, 5.41) is 0. The summed E-state index contributed by atoms with van der Waals surface area (Å²) in [5.41, 5.74) is 0.934. The Balaban J connectivity index is 3.04. The van der Waals surface area contributed by atoms with Crippen LogP contribution in [0.25, 0.3) is 5.76 Å². The van der Waals surface area contributed by atoms with Crippen molar-refractivity contribution in [2.75, 3.05) is 0 Å². The van der Waals surface area contributed by atoms with Crippen LogP contribution in [-0.2, 0) is 4.74 Å². The molecule has 0 aliphatic carbocycles. The van der Waals surface area contributed by atoms with E-state index in [0.717, 1.165) is 12.0 Å². The number of benzene rings is 1. The number of carbonyl (C=O) groups excluding carboxylic acids is 1. The molecule has 0 radical (unpaired) electrons. The molecule has 0 aliphatic rings. The minimum atomic E-state index is -0.289. The third kappa shape index (κ3) is 5.21. The molecular formula is C19H29NO2. The predicted molar refractivity (Wildman–Crippen MR) is 92.5 cm³/mol. The van der Waals surface area contributed by atoms with Gasteiger partial charge in [-0.3, -0.25) is 0 Å². The second-order valence-corrected chi connectivity index (χ2v) is 6.25. The first-order chi connectivity index (χ1) is 10.4. The normalized spacial score (nSPS) is 13.4. The Morgan fingerprint density at radius 3 is 2.09 bits per heavy atom. The summed E-state index contributed by atoms with van der Waals surface area (Å²) < 4.78 is 5.74. The molecule has 22 heavy (non-hydrogen) atoms. The summed E-state index contributed by atoms with van der Waals surface area (Å²) in [5.74, 6) is 1.00. The van der Waals surface area contributed by atoms with Crippen molar-refractivity contribution in [2.24, 2.45) is 5.92 Å². The number of carbonyl (C=O) groups is 1. The van der Waals surface area contributed by atoms with Crippen molar-refractivity contribution in [3.63, 3.8) is 0 Å². The molecule has 0 saturated carbocycles. The molecule has 0 fully saturated rings. The molecule has 0 N–H and O–H groups in total. The highest BCUT2D eigenvalue weighted by molar-refractivity contribution is 5.77. The third-order valence-corrected chi connectivity index (χ3v) is 3.66. The zero-order valence-corrected chi connectivity index (χ0v) is 14.7. The molecule has 3 heteroatoms. The fourth-order valence-electron chi connectivity index (χ4n) is 2.33. The van der Waals surface area contributed by atoms with Gasteiger partial charge < -0.3 is 9.64 Å². The quantitative estimate of drug-likeness (QED) is 0.665. The highest BCUT2D eigenvalue weighted by Gasteiger charge is 2.23. The average Bonchev–Trinajstić information content (AvgIpc) is 2.46. The van der Waals surface area contributed by atoms with Crippen LogP contribution >= 0.6 is 0 Å². The van der Waals surface area contributed by atoms with Crippen LogP contribution in [0.2, 0.25) is 0 Å². The van der Waals surface area contributed by atoms with Gasteiger partial charge in [0.2, 0.25) is 0 Å². The van der Waals surface area contributed by atoms with Gasteiger partial charge in [0, 0.05) is 17.6 Å². The summed E-state index contributed by atoms with van der Waals surface area (Å²) in [6, 6.07) is 10.0. The van der Waals surface area contributed by atoms with E-state index >= 15 is 0 Å². The number of rotatable bonds is 6. The molecule has 0 aliphatic heterocycles. The Morgan fingerprint density at radius 2 is 1.64 bits per heavy atom. The van der Waals surface area contributed by atoms with Crippen molar-refractivity contribution < 1.29 is 9.53 Å². The van der Waals surface area contributed by atoms with Crippen molar-refractivity contribution in [2.45, 2.75) is 60.0 Å². The van der Waals surface area contributed by atoms with Gasteiger partial charge in [-0.1, -0.05) is 44.2 Å². The van der Waals surface area contributed by atoms with Gasteiger partial charge in [-0.05, 0) is 46.1 Å². The van der Waals surface area contributed by atoms with E-state index < -0.39 is 0 Å². The van der Waals surface area contributed by atoms with Crippen molar-refractivity contribution in [1.29, 1.82) is 0 Å². The first-order valence-electron chi connectivity index (χ1n) is 8.14. The molecule has 0 bridgehead atoms. The number of hydrogen-bond acceptors (Lipinski definition) is 2. The van der Waals surface area contributed by atoms with Crippen molar-refractivity contribution in [3.05, 3.63) is 42.0 Å². The van der Waals surface area contributed by atoms with Gasteiger partial charge in [0.1, 0.15) is 5.76 Å². The zero-order chi connectivity index (χ0) is 16.7. The molecule has 122 valence electrons. The minimum Gasteiger partial charge on any atom is -0.410 e. The lowest BCUT2D eigenvalue weighted by Gasteiger charge is -2.30. The fourth-order valence-corrected chi connectivity index (χ4v) is 2.33. The van der Waals surface area contributed by atoms with Crippen LogP contribution in [0.1, 0.15) is 53.5 Å². The summed E-state index contributed by atoms with van der Waals surface area (Å²) in [6.45, 7) is 12.3. The molecule has 1 rings (SSSR count). The van der Waals surface area contributed by atoms with Gasteiger partial charge in [-0.2, -0.15) is 0 Å².